The van der Waals surface area contributed by atoms with Gasteiger partial charge in [0.25, 0.3) is 0 Å². The van der Waals surface area contributed by atoms with Crippen LogP contribution in [-0.2, 0) is 12.0 Å². The standard InChI is InChI=1S/C15H21ClN2/c1-10(2)9-18-13-8-11(16)6-7-12(13)17-14(18)15(3,4)5/h6-8,10H,9H2,1-5H3. The Balaban J connectivity index is 2.69. The minimum absolute atomic E-state index is 0.0420. The Morgan fingerprint density at radius 3 is 2.50 bits per heavy atom. The van der Waals surface area contributed by atoms with Crippen molar-refractivity contribution in [2.24, 2.45) is 5.92 Å². The average molecular weight is 265 g/mol. The van der Waals surface area contributed by atoms with E-state index >= 15 is 0 Å². The summed E-state index contributed by atoms with van der Waals surface area (Å²) in [7, 11) is 0. The van der Waals surface area contributed by atoms with Gasteiger partial charge in [0.2, 0.25) is 0 Å². The van der Waals surface area contributed by atoms with Crippen LogP contribution in [0.25, 0.3) is 11.0 Å². The molecule has 0 aliphatic carbocycles. The second-order valence-corrected chi connectivity index (χ2v) is 6.76. The van der Waals surface area contributed by atoms with Crippen molar-refractivity contribution in [1.82, 2.24) is 9.55 Å². The number of hydrogen-bond acceptors (Lipinski definition) is 1. The first-order valence-electron chi connectivity index (χ1n) is 6.45. The molecule has 0 saturated carbocycles. The number of nitrogens with zero attached hydrogens (tertiary/aromatic N) is 2. The molecule has 1 heterocycles. The third-order valence-electron chi connectivity index (χ3n) is 2.93. The molecule has 1 aromatic heterocycles. The van der Waals surface area contributed by atoms with E-state index < -0.39 is 0 Å². The molecule has 0 N–H and O–H groups in total. The summed E-state index contributed by atoms with van der Waals surface area (Å²) in [6.45, 7) is 12.0. The van der Waals surface area contributed by atoms with E-state index in [0.29, 0.717) is 5.92 Å². The van der Waals surface area contributed by atoms with Crippen molar-refractivity contribution in [3.8, 4) is 0 Å². The van der Waals surface area contributed by atoms with Gasteiger partial charge in [0.05, 0.1) is 11.0 Å². The summed E-state index contributed by atoms with van der Waals surface area (Å²) in [6.07, 6.45) is 0. The van der Waals surface area contributed by atoms with Gasteiger partial charge in [-0.2, -0.15) is 0 Å². The molecular weight excluding hydrogens is 244 g/mol. The monoisotopic (exact) mass is 264 g/mol. The Morgan fingerprint density at radius 1 is 1.28 bits per heavy atom. The van der Waals surface area contributed by atoms with Crippen LogP contribution in [0.15, 0.2) is 18.2 Å². The first-order chi connectivity index (χ1) is 8.29. The second kappa shape index (κ2) is 4.58. The highest BCUT2D eigenvalue weighted by Crippen LogP contribution is 2.28. The molecule has 3 heteroatoms. The average Bonchev–Trinajstić information content (AvgIpc) is 2.56. The van der Waals surface area contributed by atoms with Gasteiger partial charge in [-0.15, -0.1) is 0 Å². The van der Waals surface area contributed by atoms with E-state index in [0.717, 1.165) is 28.4 Å². The van der Waals surface area contributed by atoms with Gasteiger partial charge in [-0.1, -0.05) is 46.2 Å². The van der Waals surface area contributed by atoms with Crippen LogP contribution in [0.3, 0.4) is 0 Å². The minimum Gasteiger partial charge on any atom is -0.327 e. The zero-order valence-electron chi connectivity index (χ0n) is 11.8. The topological polar surface area (TPSA) is 17.8 Å². The van der Waals surface area contributed by atoms with Gasteiger partial charge >= 0.3 is 0 Å². The van der Waals surface area contributed by atoms with E-state index in [4.69, 9.17) is 16.6 Å². The van der Waals surface area contributed by atoms with Crippen LogP contribution in [-0.4, -0.2) is 9.55 Å². The van der Waals surface area contributed by atoms with Crippen molar-refractivity contribution in [2.75, 3.05) is 0 Å². The molecule has 98 valence electrons. The molecule has 0 fully saturated rings. The highest BCUT2D eigenvalue weighted by molar-refractivity contribution is 6.31. The van der Waals surface area contributed by atoms with Crippen molar-refractivity contribution in [3.63, 3.8) is 0 Å². The van der Waals surface area contributed by atoms with Crippen molar-refractivity contribution in [2.45, 2.75) is 46.6 Å². The molecule has 2 nitrogen and oxygen atoms in total. The molecule has 0 spiro atoms. The maximum atomic E-state index is 6.11. The van der Waals surface area contributed by atoms with Crippen LogP contribution in [0.2, 0.25) is 5.02 Å². The number of benzene rings is 1. The quantitative estimate of drug-likeness (QED) is 0.772. The van der Waals surface area contributed by atoms with Crippen molar-refractivity contribution >= 4 is 22.6 Å². The zero-order chi connectivity index (χ0) is 13.5. The lowest BCUT2D eigenvalue weighted by Crippen LogP contribution is -2.20. The Morgan fingerprint density at radius 2 is 1.94 bits per heavy atom. The van der Waals surface area contributed by atoms with Crippen LogP contribution in [0.4, 0.5) is 0 Å². The van der Waals surface area contributed by atoms with Crippen LogP contribution in [0, 0.1) is 5.92 Å². The molecule has 0 aliphatic rings. The van der Waals surface area contributed by atoms with E-state index in [9.17, 15) is 0 Å². The van der Waals surface area contributed by atoms with E-state index in [1.807, 2.05) is 18.2 Å². The number of hydrogen-bond donors (Lipinski definition) is 0. The second-order valence-electron chi connectivity index (χ2n) is 6.32. The molecule has 0 bridgehead atoms. The maximum Gasteiger partial charge on any atom is 0.115 e. The molecular formula is C15H21ClN2. The summed E-state index contributed by atoms with van der Waals surface area (Å²) in [4.78, 5) is 4.78. The number of fused-ring (bicyclic) bond motifs is 1. The molecule has 2 aromatic rings. The van der Waals surface area contributed by atoms with Crippen molar-refractivity contribution < 1.29 is 0 Å². The fourth-order valence-electron chi connectivity index (χ4n) is 2.22. The predicted octanol–water partition coefficient (Wildman–Crippen LogP) is 4.64. The highest BCUT2D eigenvalue weighted by Gasteiger charge is 2.23. The Hall–Kier alpha value is -1.02. The molecule has 0 radical (unpaired) electrons. The van der Waals surface area contributed by atoms with E-state index in [-0.39, 0.29) is 5.41 Å². The fraction of sp³-hybridized carbons (Fsp3) is 0.533. The summed E-state index contributed by atoms with van der Waals surface area (Å²) in [5.41, 5.74) is 2.21. The SMILES string of the molecule is CC(C)Cn1c(C(C)(C)C)nc2ccc(Cl)cc21. The summed E-state index contributed by atoms with van der Waals surface area (Å²) in [5.74, 6) is 1.72. The smallest absolute Gasteiger partial charge is 0.115 e. The number of aromatic nitrogens is 2. The highest BCUT2D eigenvalue weighted by atomic mass is 35.5. The molecule has 0 atom stereocenters. The molecule has 0 saturated heterocycles. The lowest BCUT2D eigenvalue weighted by Gasteiger charge is -2.21. The van der Waals surface area contributed by atoms with Gasteiger partial charge in [0.15, 0.2) is 0 Å². The van der Waals surface area contributed by atoms with Crippen molar-refractivity contribution in [1.29, 1.82) is 0 Å². The van der Waals surface area contributed by atoms with Crippen LogP contribution in [0.1, 0.15) is 40.4 Å². The Kier molecular flexibility index (Phi) is 3.41. The normalized spacial score (nSPS) is 12.6. The van der Waals surface area contributed by atoms with E-state index in [1.165, 1.54) is 0 Å². The number of rotatable bonds is 2. The molecule has 1 aromatic carbocycles. The van der Waals surface area contributed by atoms with Gasteiger partial charge in [-0.05, 0) is 24.1 Å². The maximum absolute atomic E-state index is 6.11. The summed E-state index contributed by atoms with van der Waals surface area (Å²) in [6, 6.07) is 5.92. The molecule has 2 rings (SSSR count). The predicted molar refractivity (Wildman–Crippen MR) is 78.3 cm³/mol. The van der Waals surface area contributed by atoms with E-state index in [2.05, 4.69) is 39.2 Å². The van der Waals surface area contributed by atoms with Gasteiger partial charge in [-0.25, -0.2) is 4.98 Å². The molecule has 0 amide bonds. The summed E-state index contributed by atoms with van der Waals surface area (Å²) < 4.78 is 2.31. The molecule has 0 unspecified atom stereocenters. The number of imidazole rings is 1. The third kappa shape index (κ3) is 2.54. The molecule has 0 aliphatic heterocycles. The summed E-state index contributed by atoms with van der Waals surface area (Å²) in [5, 5.41) is 0.771. The Bertz CT molecular complexity index is 562. The lowest BCUT2D eigenvalue weighted by molar-refractivity contribution is 0.459. The third-order valence-corrected chi connectivity index (χ3v) is 3.16. The van der Waals surface area contributed by atoms with Gasteiger partial charge < -0.3 is 4.57 Å². The van der Waals surface area contributed by atoms with Gasteiger partial charge in [0.1, 0.15) is 5.82 Å². The lowest BCUT2D eigenvalue weighted by atomic mass is 9.95. The van der Waals surface area contributed by atoms with Crippen LogP contribution < -0.4 is 0 Å². The van der Waals surface area contributed by atoms with Crippen LogP contribution in [0.5, 0.6) is 0 Å². The minimum atomic E-state index is 0.0420. The van der Waals surface area contributed by atoms with Gasteiger partial charge in [-0.3, -0.25) is 0 Å². The molecule has 18 heavy (non-hydrogen) atoms. The van der Waals surface area contributed by atoms with E-state index in [1.54, 1.807) is 0 Å². The first kappa shape index (κ1) is 13.4. The zero-order valence-corrected chi connectivity index (χ0v) is 12.5. The first-order valence-corrected chi connectivity index (χ1v) is 6.83. The largest absolute Gasteiger partial charge is 0.327 e. The summed E-state index contributed by atoms with van der Waals surface area (Å²) >= 11 is 6.11. The Labute approximate surface area is 114 Å². The van der Waals surface area contributed by atoms with Gasteiger partial charge in [0, 0.05) is 17.0 Å². The fourth-order valence-corrected chi connectivity index (χ4v) is 2.38. The van der Waals surface area contributed by atoms with Crippen molar-refractivity contribution in [3.05, 3.63) is 29.0 Å². The van der Waals surface area contributed by atoms with Crippen LogP contribution >= 0.6 is 11.6 Å². The number of halogens is 1.